The van der Waals surface area contributed by atoms with Crippen LogP contribution in [-0.4, -0.2) is 45.2 Å². The Morgan fingerprint density at radius 2 is 1.97 bits per heavy atom. The van der Waals surface area contributed by atoms with Gasteiger partial charge in [0.15, 0.2) is 0 Å². The zero-order valence-corrected chi connectivity index (χ0v) is 19.6. The molecule has 0 bridgehead atoms. The Bertz CT molecular complexity index is 1230. The molecular weight excluding hydrogens is 434 g/mol. The largest absolute Gasteiger partial charge is 0.340 e. The van der Waals surface area contributed by atoms with Crippen LogP contribution < -0.4 is 5.32 Å². The average molecular weight is 460 g/mol. The van der Waals surface area contributed by atoms with Gasteiger partial charge in [0.2, 0.25) is 0 Å². The lowest BCUT2D eigenvalue weighted by molar-refractivity contribution is 0.282. The van der Waals surface area contributed by atoms with Gasteiger partial charge in [0, 0.05) is 40.5 Å². The molecule has 0 saturated carbocycles. The second-order valence-corrected chi connectivity index (χ2v) is 10.3. The number of fused-ring (bicyclic) bond motifs is 1. The van der Waals surface area contributed by atoms with Crippen LogP contribution >= 0.6 is 23.1 Å². The number of anilines is 1. The number of likely N-dealkylation sites (tertiary alicyclic amines) is 1. The van der Waals surface area contributed by atoms with Crippen molar-refractivity contribution >= 4 is 45.4 Å². The van der Waals surface area contributed by atoms with Crippen LogP contribution in [0, 0.1) is 0 Å². The van der Waals surface area contributed by atoms with Gasteiger partial charge < -0.3 is 10.2 Å². The molecule has 4 aromatic rings. The third kappa shape index (κ3) is 4.85. The Hall–Kier alpha value is -2.74. The fraction of sp³-hybridized carbons (Fsp3) is 0.240. The van der Waals surface area contributed by atoms with Crippen molar-refractivity contribution in [3.05, 3.63) is 72.6 Å². The maximum atomic E-state index is 4.58. The minimum atomic E-state index is 0.630. The summed E-state index contributed by atoms with van der Waals surface area (Å²) in [5.74, 6) is 0.783. The molecule has 3 aromatic heterocycles. The minimum absolute atomic E-state index is 0.630. The smallest absolute Gasteiger partial charge is 0.130 e. The van der Waals surface area contributed by atoms with Gasteiger partial charge in [0.1, 0.15) is 5.82 Å². The maximum absolute atomic E-state index is 4.58. The van der Waals surface area contributed by atoms with E-state index in [9.17, 15) is 0 Å². The third-order valence-corrected chi connectivity index (χ3v) is 7.85. The second kappa shape index (κ2) is 9.40. The van der Waals surface area contributed by atoms with E-state index in [1.807, 2.05) is 41.9 Å². The molecule has 1 aromatic carbocycles. The normalized spacial score (nSPS) is 15.2. The fourth-order valence-corrected chi connectivity index (χ4v) is 5.61. The van der Waals surface area contributed by atoms with Crippen molar-refractivity contribution in [3.8, 4) is 10.4 Å². The van der Waals surface area contributed by atoms with Crippen LogP contribution in [0.15, 0.2) is 72.1 Å². The monoisotopic (exact) mass is 459 g/mol. The highest BCUT2D eigenvalue weighted by Gasteiger charge is 2.18. The summed E-state index contributed by atoms with van der Waals surface area (Å²) in [6.45, 7) is 6.57. The minimum Gasteiger partial charge on any atom is -0.340 e. The van der Waals surface area contributed by atoms with Crippen LogP contribution in [0.2, 0.25) is 0 Å². The molecule has 0 atom stereocenters. The Labute approximate surface area is 196 Å². The number of thiazole rings is 1. The zero-order valence-electron chi connectivity index (χ0n) is 18.0. The van der Waals surface area contributed by atoms with Crippen molar-refractivity contribution in [3.63, 3.8) is 0 Å². The molecule has 0 unspecified atom stereocenters. The van der Waals surface area contributed by atoms with Gasteiger partial charge in [0.25, 0.3) is 0 Å². The molecule has 1 aliphatic heterocycles. The quantitative estimate of drug-likeness (QED) is 0.380. The maximum Gasteiger partial charge on any atom is 0.130 e. The summed E-state index contributed by atoms with van der Waals surface area (Å²) in [6.07, 6.45) is 8.08. The molecule has 0 amide bonds. The lowest BCUT2D eigenvalue weighted by Gasteiger charge is -2.28. The lowest BCUT2D eigenvalue weighted by atomic mass is 10.1. The van der Waals surface area contributed by atoms with E-state index in [0.717, 1.165) is 50.8 Å². The molecule has 1 saturated heterocycles. The van der Waals surface area contributed by atoms with Gasteiger partial charge in [-0.1, -0.05) is 18.7 Å². The van der Waals surface area contributed by atoms with Crippen LogP contribution in [0.25, 0.3) is 26.9 Å². The number of hydrogen-bond acceptors (Lipinski definition) is 7. The van der Waals surface area contributed by atoms with Crippen LogP contribution in [0.1, 0.15) is 18.4 Å². The van der Waals surface area contributed by atoms with Gasteiger partial charge >= 0.3 is 0 Å². The van der Waals surface area contributed by atoms with Crippen LogP contribution in [0.4, 0.5) is 5.82 Å². The van der Waals surface area contributed by atoms with Crippen molar-refractivity contribution in [2.75, 3.05) is 25.5 Å². The number of nitrogens with zero attached hydrogens (tertiary/aromatic N) is 4. The first-order valence-electron chi connectivity index (χ1n) is 10.7. The summed E-state index contributed by atoms with van der Waals surface area (Å²) in [5, 5.41) is 7.31. The first-order chi connectivity index (χ1) is 15.6. The number of thioether (sulfide) groups is 1. The van der Waals surface area contributed by atoms with Crippen LogP contribution in [-0.2, 0) is 0 Å². The molecule has 32 heavy (non-hydrogen) atoms. The summed E-state index contributed by atoms with van der Waals surface area (Å²) >= 11 is 3.52. The molecule has 7 heteroatoms. The van der Waals surface area contributed by atoms with Crippen molar-refractivity contribution in [1.82, 2.24) is 19.9 Å². The molecule has 4 heterocycles. The first-order valence-corrected chi connectivity index (χ1v) is 12.5. The van der Waals surface area contributed by atoms with Crippen LogP contribution in [0.5, 0.6) is 0 Å². The van der Waals surface area contributed by atoms with Gasteiger partial charge in [-0.15, -0.1) is 23.1 Å². The van der Waals surface area contributed by atoms with Gasteiger partial charge in [-0.25, -0.2) is 9.97 Å². The number of rotatable bonds is 6. The van der Waals surface area contributed by atoms with Crippen LogP contribution in [0.3, 0.4) is 0 Å². The average Bonchev–Trinajstić information content (AvgIpc) is 3.35. The topological polar surface area (TPSA) is 53.9 Å². The molecule has 162 valence electrons. The molecule has 1 N–H and O–H groups in total. The summed E-state index contributed by atoms with van der Waals surface area (Å²) in [7, 11) is 2.19. The van der Waals surface area contributed by atoms with E-state index in [1.165, 1.54) is 18.4 Å². The molecular formula is C25H25N5S2. The highest BCUT2D eigenvalue weighted by Crippen LogP contribution is 2.31. The lowest BCUT2D eigenvalue weighted by Crippen LogP contribution is -2.31. The molecule has 1 fully saturated rings. The first kappa shape index (κ1) is 21.1. The SMILES string of the molecule is C=C(Nc1cc2cc(-c3cncs3)ccc2cn1)c1ccnc(SC2CCN(C)CC2)c1. The predicted molar refractivity (Wildman–Crippen MR) is 136 cm³/mol. The predicted octanol–water partition coefficient (Wildman–Crippen LogP) is 6.02. The summed E-state index contributed by atoms with van der Waals surface area (Å²) in [4.78, 5) is 16.9. The molecule has 5 rings (SSSR count). The number of nitrogens with one attached hydrogen (secondary N) is 1. The fourth-order valence-electron chi connectivity index (χ4n) is 3.88. The van der Waals surface area contributed by atoms with E-state index in [0.29, 0.717) is 5.25 Å². The molecule has 0 spiro atoms. The van der Waals surface area contributed by atoms with E-state index < -0.39 is 0 Å². The number of pyridine rings is 2. The molecule has 1 aliphatic rings. The van der Waals surface area contributed by atoms with E-state index in [1.54, 1.807) is 11.3 Å². The van der Waals surface area contributed by atoms with E-state index in [-0.39, 0.29) is 0 Å². The van der Waals surface area contributed by atoms with E-state index in [2.05, 4.69) is 69.1 Å². The number of benzene rings is 1. The molecule has 0 aliphatic carbocycles. The van der Waals surface area contributed by atoms with Crippen molar-refractivity contribution in [2.45, 2.75) is 23.1 Å². The zero-order chi connectivity index (χ0) is 21.9. The Morgan fingerprint density at radius 3 is 2.78 bits per heavy atom. The highest BCUT2D eigenvalue weighted by molar-refractivity contribution is 7.99. The van der Waals surface area contributed by atoms with E-state index in [4.69, 9.17) is 0 Å². The van der Waals surface area contributed by atoms with Gasteiger partial charge in [-0.05, 0) is 68.2 Å². The van der Waals surface area contributed by atoms with Crippen molar-refractivity contribution in [2.24, 2.45) is 0 Å². The summed E-state index contributed by atoms with van der Waals surface area (Å²) in [5.41, 5.74) is 4.89. The third-order valence-electron chi connectivity index (χ3n) is 5.75. The van der Waals surface area contributed by atoms with Gasteiger partial charge in [-0.2, -0.15) is 0 Å². The Morgan fingerprint density at radius 1 is 1.09 bits per heavy atom. The molecule has 0 radical (unpaired) electrons. The van der Waals surface area contributed by atoms with Crippen molar-refractivity contribution in [1.29, 1.82) is 0 Å². The number of aromatic nitrogens is 3. The second-order valence-electron chi connectivity index (χ2n) is 8.10. The Kier molecular flexibility index (Phi) is 6.21. The van der Waals surface area contributed by atoms with Gasteiger partial charge in [-0.3, -0.25) is 4.98 Å². The Balaban J connectivity index is 1.31. The van der Waals surface area contributed by atoms with E-state index >= 15 is 0 Å². The number of piperidine rings is 1. The van der Waals surface area contributed by atoms with Crippen molar-refractivity contribution < 1.29 is 0 Å². The summed E-state index contributed by atoms with van der Waals surface area (Å²) < 4.78 is 0. The summed E-state index contributed by atoms with van der Waals surface area (Å²) in [6, 6.07) is 12.6. The molecule has 5 nitrogen and oxygen atoms in total. The highest BCUT2D eigenvalue weighted by atomic mass is 32.2. The number of hydrogen-bond donors (Lipinski definition) is 1. The standard InChI is InChI=1S/C25H25N5S2/c1-17(18-5-8-27-25(13-18)32-22-6-9-30(2)10-7-22)29-24-12-21-11-19(23-15-26-16-31-23)3-4-20(21)14-28-24/h3-5,8,11-16,22H,1,6-7,9-10H2,2H3,(H,28,29). The van der Waals surface area contributed by atoms with Gasteiger partial charge in [0.05, 0.1) is 15.4 Å².